The monoisotopic (exact) mass is 393 g/mol. The van der Waals surface area contributed by atoms with E-state index in [0.717, 1.165) is 19.3 Å². The molecule has 153 valence electrons. The normalized spacial score (nSPS) is 11.4. The van der Waals surface area contributed by atoms with Crippen LogP contribution in [0.2, 0.25) is 0 Å². The van der Waals surface area contributed by atoms with Crippen LogP contribution in [0.1, 0.15) is 97.3 Å². The van der Waals surface area contributed by atoms with Crippen LogP contribution in [-0.2, 0) is 19.1 Å². The molecule has 0 unspecified atom stereocenters. The number of hydrogen-bond donors (Lipinski definition) is 1. The second kappa shape index (κ2) is 20.2. The van der Waals surface area contributed by atoms with Gasteiger partial charge in [-0.2, -0.15) is 0 Å². The Labute approximate surface area is 187 Å². The van der Waals surface area contributed by atoms with Crippen molar-refractivity contribution in [2.45, 2.75) is 97.3 Å². The molecule has 5 nitrogen and oxygen atoms in total. The van der Waals surface area contributed by atoms with Crippen LogP contribution in [0.4, 0.5) is 0 Å². The summed E-state index contributed by atoms with van der Waals surface area (Å²) in [5.41, 5.74) is 0.0121. The largest absolute Gasteiger partial charge is 0.501 e. The Morgan fingerprint density at radius 1 is 0.741 bits per heavy atom. The maximum Gasteiger partial charge on any atom is 0.373 e. The van der Waals surface area contributed by atoms with Crippen LogP contribution in [0.25, 0.3) is 0 Å². The third-order valence-electron chi connectivity index (χ3n) is 4.47. The zero-order chi connectivity index (χ0) is 19.6. The molecule has 0 rings (SSSR count). The summed E-state index contributed by atoms with van der Waals surface area (Å²) in [6, 6.07) is 0. The number of aliphatic hydroxyl groups is 1. The molecule has 0 saturated heterocycles. The van der Waals surface area contributed by atoms with Gasteiger partial charge in [0, 0.05) is 29.6 Å². The zero-order valence-corrected chi connectivity index (χ0v) is 20.0. The number of esters is 2. The molecule has 6 heteroatoms. The average molecular weight is 394 g/mol. The Balaban J connectivity index is 0. The first-order chi connectivity index (χ1) is 12.6. The number of methoxy groups -OCH3 is 1. The summed E-state index contributed by atoms with van der Waals surface area (Å²) >= 11 is 0. The van der Waals surface area contributed by atoms with Crippen molar-refractivity contribution in [3.63, 3.8) is 0 Å². The van der Waals surface area contributed by atoms with Crippen molar-refractivity contribution < 1.29 is 24.2 Å². The number of aliphatic hydroxyl groups excluding tert-OH is 1. The van der Waals surface area contributed by atoms with Crippen LogP contribution in [0, 0.1) is 0 Å². The average Bonchev–Trinajstić information content (AvgIpc) is 2.64. The fourth-order valence-corrected chi connectivity index (χ4v) is 2.91. The molecule has 0 bridgehead atoms. The van der Waals surface area contributed by atoms with Crippen molar-refractivity contribution in [2.75, 3.05) is 13.7 Å². The Hall–Kier alpha value is -0.520. The molecule has 0 fully saturated rings. The van der Waals surface area contributed by atoms with Crippen LogP contribution in [0.5, 0.6) is 0 Å². The third kappa shape index (κ3) is 15.1. The van der Waals surface area contributed by atoms with Gasteiger partial charge in [0.2, 0.25) is 5.76 Å². The van der Waals surface area contributed by atoms with Gasteiger partial charge in [-0.25, -0.2) is 9.59 Å². The van der Waals surface area contributed by atoms with E-state index in [1.54, 1.807) is 6.92 Å². The van der Waals surface area contributed by atoms with Gasteiger partial charge in [0.25, 0.3) is 0 Å². The summed E-state index contributed by atoms with van der Waals surface area (Å²) in [4.78, 5) is 23.3. The number of unbranched alkanes of at least 4 members (excludes halogenated alkanes) is 11. The van der Waals surface area contributed by atoms with E-state index in [4.69, 9.17) is 4.74 Å². The number of rotatable bonds is 16. The molecular weight excluding hydrogens is 355 g/mol. The molecule has 0 heterocycles. The molecule has 27 heavy (non-hydrogen) atoms. The first kappa shape index (κ1) is 28.7. The van der Waals surface area contributed by atoms with Crippen molar-refractivity contribution in [1.29, 1.82) is 0 Å². The van der Waals surface area contributed by atoms with E-state index in [0.29, 0.717) is 6.42 Å². The van der Waals surface area contributed by atoms with E-state index in [9.17, 15) is 14.7 Å². The van der Waals surface area contributed by atoms with Gasteiger partial charge in [-0.1, -0.05) is 77.6 Å². The van der Waals surface area contributed by atoms with Crippen LogP contribution < -0.4 is 0 Å². The maximum atomic E-state index is 11.7. The third-order valence-corrected chi connectivity index (χ3v) is 4.47. The minimum Gasteiger partial charge on any atom is -0.501 e. The molecule has 0 amide bonds. The summed E-state index contributed by atoms with van der Waals surface area (Å²) < 4.78 is 9.39. The summed E-state index contributed by atoms with van der Waals surface area (Å²) in [5.74, 6) is -2.16. The van der Waals surface area contributed by atoms with E-state index >= 15 is 0 Å². The molecule has 0 aromatic rings. The van der Waals surface area contributed by atoms with Crippen LogP contribution >= 0.6 is 0 Å². The Bertz CT molecular complexity index is 421. The van der Waals surface area contributed by atoms with Crippen molar-refractivity contribution in [3.8, 4) is 0 Å². The molecule has 1 radical (unpaired) electrons. The number of hydrogen-bond acceptors (Lipinski definition) is 5. The van der Waals surface area contributed by atoms with Crippen LogP contribution in [-0.4, -0.2) is 60.3 Å². The minimum absolute atomic E-state index is 0. The standard InChI is InChI=1S/C21H38O5.Na/c1-4-6-7-8-9-10-11-12-13-14-15-16-17-18(20(23)25-3)19(22)21(24)26-5-2;/h22H,4-17H2,1-3H3;/b19-18-;. The molecular formula is C21H38NaO5. The van der Waals surface area contributed by atoms with E-state index < -0.39 is 17.7 Å². The first-order valence-corrected chi connectivity index (χ1v) is 10.3. The van der Waals surface area contributed by atoms with Gasteiger partial charge in [-0.05, 0) is 19.8 Å². The maximum absolute atomic E-state index is 11.7. The molecule has 0 atom stereocenters. The van der Waals surface area contributed by atoms with Gasteiger partial charge in [-0.15, -0.1) is 0 Å². The number of ether oxygens (including phenoxy) is 2. The van der Waals surface area contributed by atoms with E-state index in [1.165, 1.54) is 64.9 Å². The van der Waals surface area contributed by atoms with E-state index in [1.807, 2.05) is 0 Å². The fourth-order valence-electron chi connectivity index (χ4n) is 2.91. The second-order valence-corrected chi connectivity index (χ2v) is 6.68. The summed E-state index contributed by atoms with van der Waals surface area (Å²) in [5, 5.41) is 9.89. The smallest absolute Gasteiger partial charge is 0.373 e. The summed E-state index contributed by atoms with van der Waals surface area (Å²) in [6.45, 7) is 4.03. The van der Waals surface area contributed by atoms with E-state index in [2.05, 4.69) is 11.7 Å². The Kier molecular flexibility index (Phi) is 21.5. The van der Waals surface area contributed by atoms with Crippen LogP contribution in [0.15, 0.2) is 11.3 Å². The predicted octanol–water partition coefficient (Wildman–Crippen LogP) is 5.25. The molecule has 0 aromatic carbocycles. The minimum atomic E-state index is -0.869. The fraction of sp³-hybridized carbons (Fsp3) is 0.810. The molecule has 0 saturated carbocycles. The van der Waals surface area contributed by atoms with Gasteiger partial charge in [-0.3, -0.25) is 0 Å². The zero-order valence-electron chi connectivity index (χ0n) is 18.0. The Morgan fingerprint density at radius 3 is 1.59 bits per heavy atom. The van der Waals surface area contributed by atoms with Crippen molar-refractivity contribution in [2.24, 2.45) is 0 Å². The number of carbonyl (C=O) groups is 2. The summed E-state index contributed by atoms with van der Waals surface area (Å²) in [7, 11) is 1.24. The molecule has 0 aliphatic carbocycles. The van der Waals surface area contributed by atoms with Crippen molar-refractivity contribution in [3.05, 3.63) is 11.3 Å². The van der Waals surface area contributed by atoms with Crippen molar-refractivity contribution >= 4 is 41.5 Å². The topological polar surface area (TPSA) is 72.8 Å². The molecule has 0 aromatic heterocycles. The molecule has 0 aliphatic rings. The first-order valence-electron chi connectivity index (χ1n) is 10.3. The van der Waals surface area contributed by atoms with Gasteiger partial charge in [0.15, 0.2) is 0 Å². The molecule has 1 N–H and O–H groups in total. The summed E-state index contributed by atoms with van der Waals surface area (Å²) in [6.07, 6.45) is 14.9. The van der Waals surface area contributed by atoms with Gasteiger partial charge >= 0.3 is 11.9 Å². The molecule has 0 spiro atoms. The van der Waals surface area contributed by atoms with E-state index in [-0.39, 0.29) is 41.7 Å². The second-order valence-electron chi connectivity index (χ2n) is 6.68. The van der Waals surface area contributed by atoms with Gasteiger partial charge < -0.3 is 14.6 Å². The Morgan fingerprint density at radius 2 is 1.19 bits per heavy atom. The van der Waals surface area contributed by atoms with Gasteiger partial charge in [0.05, 0.1) is 19.3 Å². The van der Waals surface area contributed by atoms with Crippen molar-refractivity contribution in [1.82, 2.24) is 0 Å². The SMILES string of the molecule is CCCCCCCCCCCCCC/C(C(=O)OC)=C(/O)C(=O)OCC.[Na]. The quantitative estimate of drug-likeness (QED) is 0.128. The predicted molar refractivity (Wildman–Crippen MR) is 110 cm³/mol. The number of carbonyl (C=O) groups excluding carboxylic acids is 2. The molecule has 0 aliphatic heterocycles. The van der Waals surface area contributed by atoms with Crippen LogP contribution in [0.3, 0.4) is 0 Å². The van der Waals surface area contributed by atoms with Gasteiger partial charge in [0.1, 0.15) is 0 Å².